The van der Waals surface area contributed by atoms with Crippen molar-refractivity contribution < 1.29 is 9.59 Å². The first-order chi connectivity index (χ1) is 19.1. The first-order valence-electron chi connectivity index (χ1n) is 12.5. The summed E-state index contributed by atoms with van der Waals surface area (Å²) < 4.78 is 2.06. The number of ketones is 2. The molecule has 5 aromatic carbocycles. The van der Waals surface area contributed by atoms with Crippen LogP contribution in [0.3, 0.4) is 0 Å². The predicted octanol–water partition coefficient (Wildman–Crippen LogP) is 8.64. The van der Waals surface area contributed by atoms with Gasteiger partial charge in [0.25, 0.3) is 0 Å². The minimum absolute atomic E-state index is 0.147. The summed E-state index contributed by atoms with van der Waals surface area (Å²) in [6.07, 6.45) is 1.79. The number of hydrogen-bond acceptors (Lipinski definition) is 3. The Morgan fingerprint density at radius 3 is 2.00 bits per heavy atom. The number of benzene rings is 5. The molecule has 0 radical (unpaired) electrons. The number of allylic oxidation sites excluding steroid dienone is 1. The van der Waals surface area contributed by atoms with Gasteiger partial charge in [0.2, 0.25) is 0 Å². The van der Waals surface area contributed by atoms with Crippen molar-refractivity contribution in [2.24, 2.45) is 0 Å². The SMILES string of the molecule is O=C1C(=Cc2ccc(N(c3cccc(Cl)c3)c3cccc4ccccc34)[se]2)C(=O)c2cc3ccccc3cc21. The number of carbonyl (C=O) groups is 2. The maximum atomic E-state index is 13.3. The van der Waals surface area contributed by atoms with Crippen molar-refractivity contribution in [1.82, 2.24) is 0 Å². The van der Waals surface area contributed by atoms with Crippen molar-refractivity contribution in [3.8, 4) is 0 Å². The van der Waals surface area contributed by atoms with E-state index in [0.29, 0.717) is 16.1 Å². The molecule has 1 aliphatic rings. The fraction of sp³-hybridized carbons (Fsp3) is 0. The van der Waals surface area contributed by atoms with Gasteiger partial charge in [0.1, 0.15) is 0 Å². The molecule has 5 heteroatoms. The van der Waals surface area contributed by atoms with Crippen molar-refractivity contribution in [3.05, 3.63) is 141 Å². The summed E-state index contributed by atoms with van der Waals surface area (Å²) in [5, 5.41) is 4.85. The molecule has 0 saturated carbocycles. The van der Waals surface area contributed by atoms with Crippen molar-refractivity contribution in [1.29, 1.82) is 0 Å². The molecule has 0 N–H and O–H groups in total. The van der Waals surface area contributed by atoms with E-state index in [1.54, 1.807) is 6.08 Å². The van der Waals surface area contributed by atoms with E-state index in [2.05, 4.69) is 41.3 Å². The average molecular weight is 589 g/mol. The molecule has 0 aliphatic heterocycles. The van der Waals surface area contributed by atoms with Crippen LogP contribution in [0.4, 0.5) is 15.9 Å². The van der Waals surface area contributed by atoms with Crippen LogP contribution in [0.15, 0.2) is 121 Å². The van der Waals surface area contributed by atoms with Gasteiger partial charge in [-0.15, -0.1) is 0 Å². The summed E-state index contributed by atoms with van der Waals surface area (Å²) in [7, 11) is 0. The van der Waals surface area contributed by atoms with E-state index >= 15 is 0 Å². The van der Waals surface area contributed by atoms with Crippen molar-refractivity contribution >= 4 is 81.2 Å². The van der Waals surface area contributed by atoms with Crippen LogP contribution in [0, 0.1) is 0 Å². The number of carbonyl (C=O) groups excluding carboxylic acids is 2. The average Bonchev–Trinajstić information content (AvgIpc) is 3.51. The molecule has 3 nitrogen and oxygen atoms in total. The molecule has 1 aromatic heterocycles. The molecule has 39 heavy (non-hydrogen) atoms. The van der Waals surface area contributed by atoms with Crippen LogP contribution in [-0.2, 0) is 0 Å². The monoisotopic (exact) mass is 589 g/mol. The van der Waals surface area contributed by atoms with Crippen LogP contribution >= 0.6 is 11.6 Å². The second kappa shape index (κ2) is 9.52. The summed E-state index contributed by atoms with van der Waals surface area (Å²) >= 11 is 6.27. The summed E-state index contributed by atoms with van der Waals surface area (Å²) in [6.45, 7) is 0. The van der Waals surface area contributed by atoms with Crippen LogP contribution in [0.1, 0.15) is 25.2 Å². The molecule has 0 atom stereocenters. The Bertz CT molecular complexity index is 1930. The zero-order chi connectivity index (χ0) is 26.5. The topological polar surface area (TPSA) is 37.4 Å². The fourth-order valence-electron chi connectivity index (χ4n) is 5.23. The van der Waals surface area contributed by atoms with Crippen LogP contribution in [0.5, 0.6) is 0 Å². The molecule has 1 heterocycles. The van der Waals surface area contributed by atoms with Crippen molar-refractivity contribution in [2.45, 2.75) is 0 Å². The molecule has 0 fully saturated rings. The van der Waals surface area contributed by atoms with Crippen LogP contribution < -0.4 is 4.90 Å². The van der Waals surface area contributed by atoms with Crippen LogP contribution in [-0.4, -0.2) is 26.1 Å². The standard InChI is InChI=1S/C34H20ClNO2Se/c35-24-11-6-12-25(19-24)36(31-14-5-10-21-7-3-4-13-27(21)31)32-16-15-26(39-32)20-30-33(37)28-17-22-8-1-2-9-23(22)18-29(28)34(30)38/h1-20H. The van der Waals surface area contributed by atoms with Gasteiger partial charge in [0.05, 0.1) is 0 Å². The van der Waals surface area contributed by atoms with Gasteiger partial charge < -0.3 is 0 Å². The Morgan fingerprint density at radius 1 is 0.641 bits per heavy atom. The fourth-order valence-corrected chi connectivity index (χ4v) is 7.48. The number of nitrogens with zero attached hydrogens (tertiary/aromatic N) is 1. The van der Waals surface area contributed by atoms with Crippen molar-refractivity contribution in [3.63, 3.8) is 0 Å². The molecule has 0 saturated heterocycles. The third kappa shape index (κ3) is 4.14. The molecule has 0 spiro atoms. The Kier molecular flexibility index (Phi) is 5.82. The number of hydrogen-bond donors (Lipinski definition) is 0. The summed E-state index contributed by atoms with van der Waals surface area (Å²) in [5.41, 5.74) is 3.22. The van der Waals surface area contributed by atoms with E-state index in [-0.39, 0.29) is 31.6 Å². The first-order valence-corrected chi connectivity index (χ1v) is 14.6. The number of rotatable bonds is 4. The number of halogens is 1. The minimum atomic E-state index is -0.202. The maximum absolute atomic E-state index is 13.3. The van der Waals surface area contributed by atoms with Crippen molar-refractivity contribution in [2.75, 3.05) is 4.90 Å². The molecule has 7 rings (SSSR count). The summed E-state index contributed by atoms with van der Waals surface area (Å²) in [4.78, 5) is 28.9. The first kappa shape index (κ1) is 23.9. The molecule has 6 aromatic rings. The van der Waals surface area contributed by atoms with Crippen LogP contribution in [0.2, 0.25) is 5.02 Å². The predicted molar refractivity (Wildman–Crippen MR) is 161 cm³/mol. The van der Waals surface area contributed by atoms with Crippen LogP contribution in [0.25, 0.3) is 27.6 Å². The van der Waals surface area contributed by atoms with Gasteiger partial charge in [-0.2, -0.15) is 0 Å². The van der Waals surface area contributed by atoms with E-state index in [1.807, 2.05) is 78.9 Å². The van der Waals surface area contributed by atoms with E-state index < -0.39 is 0 Å². The molecule has 0 bridgehead atoms. The summed E-state index contributed by atoms with van der Waals surface area (Å²) in [5.74, 6) is -0.404. The Morgan fingerprint density at radius 2 is 1.28 bits per heavy atom. The van der Waals surface area contributed by atoms with Gasteiger partial charge in [-0.25, -0.2) is 0 Å². The van der Waals surface area contributed by atoms with Gasteiger partial charge in [0.15, 0.2) is 0 Å². The normalized spacial score (nSPS) is 12.8. The Hall–Kier alpha value is -4.21. The quantitative estimate of drug-likeness (QED) is 0.117. The van der Waals surface area contributed by atoms with Gasteiger partial charge >= 0.3 is 237 Å². The molecule has 1 aliphatic carbocycles. The van der Waals surface area contributed by atoms with Gasteiger partial charge in [-0.05, 0) is 0 Å². The third-order valence-electron chi connectivity index (χ3n) is 7.06. The van der Waals surface area contributed by atoms with E-state index in [4.69, 9.17) is 11.6 Å². The molecule has 0 amide bonds. The van der Waals surface area contributed by atoms with E-state index in [0.717, 1.165) is 41.9 Å². The second-order valence-electron chi connectivity index (χ2n) is 9.45. The van der Waals surface area contributed by atoms with Gasteiger partial charge in [-0.3, -0.25) is 0 Å². The number of anilines is 3. The molecular weight excluding hydrogens is 569 g/mol. The molecule has 0 unspecified atom stereocenters. The van der Waals surface area contributed by atoms with E-state index in [1.165, 1.54) is 0 Å². The Balaban J connectivity index is 1.33. The zero-order valence-corrected chi connectivity index (χ0v) is 23.1. The summed E-state index contributed by atoms with van der Waals surface area (Å²) in [6, 6.07) is 38.0. The number of Topliss-reactive ketones (excluding diaryl/α,β-unsaturated/α-hetero) is 2. The molecule has 186 valence electrons. The zero-order valence-electron chi connectivity index (χ0n) is 20.6. The third-order valence-corrected chi connectivity index (χ3v) is 9.43. The second-order valence-corrected chi connectivity index (χ2v) is 12.2. The van der Waals surface area contributed by atoms with Gasteiger partial charge in [-0.1, -0.05) is 0 Å². The van der Waals surface area contributed by atoms with Gasteiger partial charge in [0, 0.05) is 0 Å². The Labute approximate surface area is 236 Å². The molecular formula is C34H20ClNO2Se. The van der Waals surface area contributed by atoms with E-state index in [9.17, 15) is 9.59 Å². The number of fused-ring (bicyclic) bond motifs is 3.